The fourth-order valence-electron chi connectivity index (χ4n) is 2.13. The van der Waals surface area contributed by atoms with Crippen molar-refractivity contribution in [1.29, 1.82) is 0 Å². The number of hydrogen-bond donors (Lipinski definition) is 0. The van der Waals surface area contributed by atoms with E-state index in [1.807, 2.05) is 24.3 Å². The molecule has 0 aliphatic carbocycles. The lowest BCUT2D eigenvalue weighted by molar-refractivity contribution is 0.0780. The molecular formula is C16H12F2N2OS. The highest BCUT2D eigenvalue weighted by atomic mass is 32.1. The van der Waals surface area contributed by atoms with Crippen molar-refractivity contribution in [2.45, 2.75) is 6.54 Å². The molecule has 0 saturated carbocycles. The van der Waals surface area contributed by atoms with Crippen LogP contribution < -0.4 is 0 Å². The number of benzene rings is 2. The van der Waals surface area contributed by atoms with Crippen LogP contribution in [0.2, 0.25) is 0 Å². The van der Waals surface area contributed by atoms with E-state index in [4.69, 9.17) is 0 Å². The molecule has 1 aromatic heterocycles. The van der Waals surface area contributed by atoms with E-state index in [1.54, 1.807) is 7.05 Å². The average Bonchev–Trinajstić information content (AvgIpc) is 2.88. The number of nitrogens with zero attached hydrogens (tertiary/aromatic N) is 2. The second-order valence-electron chi connectivity index (χ2n) is 4.86. The van der Waals surface area contributed by atoms with Crippen molar-refractivity contribution in [1.82, 2.24) is 9.88 Å². The molecule has 3 rings (SSSR count). The number of amides is 1. The summed E-state index contributed by atoms with van der Waals surface area (Å²) < 4.78 is 27.6. The SMILES string of the molecule is CN(Cc1nc2ccccc2s1)C(=O)c1ccc(F)cc1F. The zero-order valence-electron chi connectivity index (χ0n) is 11.7. The van der Waals surface area contributed by atoms with Crippen molar-refractivity contribution in [3.05, 3.63) is 64.7 Å². The first-order chi connectivity index (χ1) is 10.5. The van der Waals surface area contributed by atoms with Crippen LogP contribution in [0.4, 0.5) is 8.78 Å². The number of halogens is 2. The Morgan fingerprint density at radius 2 is 2.00 bits per heavy atom. The summed E-state index contributed by atoms with van der Waals surface area (Å²) in [7, 11) is 1.57. The zero-order valence-corrected chi connectivity index (χ0v) is 12.5. The molecule has 3 aromatic rings. The Kier molecular flexibility index (Phi) is 3.85. The van der Waals surface area contributed by atoms with Gasteiger partial charge in [-0.05, 0) is 24.3 Å². The van der Waals surface area contributed by atoms with Gasteiger partial charge in [0.1, 0.15) is 16.6 Å². The number of para-hydroxylation sites is 1. The fraction of sp³-hybridized carbons (Fsp3) is 0.125. The Hall–Kier alpha value is -2.34. The Labute approximate surface area is 129 Å². The van der Waals surface area contributed by atoms with Crippen LogP contribution in [0.5, 0.6) is 0 Å². The van der Waals surface area contributed by atoms with Gasteiger partial charge >= 0.3 is 0 Å². The van der Waals surface area contributed by atoms with Gasteiger partial charge in [0.25, 0.3) is 5.91 Å². The summed E-state index contributed by atoms with van der Waals surface area (Å²) in [5.41, 5.74) is 0.723. The Morgan fingerprint density at radius 3 is 2.73 bits per heavy atom. The molecule has 2 aromatic carbocycles. The maximum Gasteiger partial charge on any atom is 0.256 e. The van der Waals surface area contributed by atoms with E-state index in [1.165, 1.54) is 16.2 Å². The second kappa shape index (κ2) is 5.81. The zero-order chi connectivity index (χ0) is 15.7. The highest BCUT2D eigenvalue weighted by molar-refractivity contribution is 7.18. The number of rotatable bonds is 3. The minimum atomic E-state index is -0.860. The van der Waals surface area contributed by atoms with Crippen molar-refractivity contribution < 1.29 is 13.6 Å². The lowest BCUT2D eigenvalue weighted by atomic mass is 10.2. The smallest absolute Gasteiger partial charge is 0.256 e. The summed E-state index contributed by atoms with van der Waals surface area (Å²) in [5.74, 6) is -2.07. The van der Waals surface area contributed by atoms with E-state index in [0.29, 0.717) is 6.07 Å². The van der Waals surface area contributed by atoms with Gasteiger partial charge in [0.15, 0.2) is 0 Å². The minimum absolute atomic E-state index is 0.148. The molecule has 0 aliphatic heterocycles. The number of aromatic nitrogens is 1. The molecule has 1 heterocycles. The molecule has 112 valence electrons. The van der Waals surface area contributed by atoms with Crippen molar-refractivity contribution in [3.63, 3.8) is 0 Å². The van der Waals surface area contributed by atoms with Gasteiger partial charge in [0.05, 0.1) is 22.3 Å². The van der Waals surface area contributed by atoms with Crippen LogP contribution in [0.15, 0.2) is 42.5 Å². The van der Waals surface area contributed by atoms with E-state index in [0.717, 1.165) is 27.4 Å². The molecule has 0 N–H and O–H groups in total. The fourth-order valence-corrected chi connectivity index (χ4v) is 3.15. The summed E-state index contributed by atoms with van der Waals surface area (Å²) in [6.07, 6.45) is 0. The highest BCUT2D eigenvalue weighted by Gasteiger charge is 2.18. The van der Waals surface area contributed by atoms with Crippen LogP contribution in [0.1, 0.15) is 15.4 Å². The first-order valence-corrected chi connectivity index (χ1v) is 7.41. The molecule has 0 spiro atoms. The van der Waals surface area contributed by atoms with Crippen molar-refractivity contribution in [2.24, 2.45) is 0 Å². The average molecular weight is 318 g/mol. The largest absolute Gasteiger partial charge is 0.335 e. The third kappa shape index (κ3) is 2.82. The molecule has 3 nitrogen and oxygen atoms in total. The summed E-state index contributed by atoms with van der Waals surface area (Å²) in [4.78, 5) is 18.0. The van der Waals surface area contributed by atoms with Gasteiger partial charge in [0, 0.05) is 13.1 Å². The third-order valence-corrected chi connectivity index (χ3v) is 4.24. The van der Waals surface area contributed by atoms with Gasteiger partial charge in [0.2, 0.25) is 0 Å². The number of thiazole rings is 1. The van der Waals surface area contributed by atoms with Crippen molar-refractivity contribution >= 4 is 27.5 Å². The van der Waals surface area contributed by atoms with Crippen LogP contribution in [-0.2, 0) is 6.54 Å². The van der Waals surface area contributed by atoms with Crippen LogP contribution >= 0.6 is 11.3 Å². The molecule has 0 bridgehead atoms. The molecule has 0 saturated heterocycles. The summed E-state index contributed by atoms with van der Waals surface area (Å²) >= 11 is 1.49. The van der Waals surface area contributed by atoms with Crippen LogP contribution in [0.25, 0.3) is 10.2 Å². The monoisotopic (exact) mass is 318 g/mol. The minimum Gasteiger partial charge on any atom is -0.335 e. The standard InChI is InChI=1S/C16H12F2N2OS/c1-20(16(21)11-7-6-10(17)8-12(11)18)9-15-19-13-4-2-3-5-14(13)22-15/h2-8H,9H2,1H3. The van der Waals surface area contributed by atoms with E-state index >= 15 is 0 Å². The molecule has 0 fully saturated rings. The summed E-state index contributed by atoms with van der Waals surface area (Å²) in [6.45, 7) is 0.273. The molecular weight excluding hydrogens is 306 g/mol. The number of fused-ring (bicyclic) bond motifs is 1. The van der Waals surface area contributed by atoms with Crippen molar-refractivity contribution in [3.8, 4) is 0 Å². The maximum absolute atomic E-state index is 13.7. The molecule has 0 aliphatic rings. The molecule has 0 radical (unpaired) electrons. The predicted molar refractivity (Wildman–Crippen MR) is 81.8 cm³/mol. The van der Waals surface area contributed by atoms with E-state index < -0.39 is 17.5 Å². The van der Waals surface area contributed by atoms with Gasteiger partial charge < -0.3 is 4.90 Å². The van der Waals surface area contributed by atoms with Crippen LogP contribution in [0.3, 0.4) is 0 Å². The number of carbonyl (C=O) groups is 1. The van der Waals surface area contributed by atoms with Gasteiger partial charge in [-0.1, -0.05) is 12.1 Å². The molecule has 0 unspecified atom stereocenters. The van der Waals surface area contributed by atoms with Gasteiger partial charge in [-0.25, -0.2) is 13.8 Å². The maximum atomic E-state index is 13.7. The van der Waals surface area contributed by atoms with Crippen LogP contribution in [-0.4, -0.2) is 22.8 Å². The predicted octanol–water partition coefficient (Wildman–Crippen LogP) is 3.85. The van der Waals surface area contributed by atoms with Crippen molar-refractivity contribution in [2.75, 3.05) is 7.05 Å². The van der Waals surface area contributed by atoms with E-state index in [-0.39, 0.29) is 12.1 Å². The first-order valence-electron chi connectivity index (χ1n) is 6.59. The topological polar surface area (TPSA) is 33.2 Å². The number of hydrogen-bond acceptors (Lipinski definition) is 3. The lowest BCUT2D eigenvalue weighted by Crippen LogP contribution is -2.27. The van der Waals surface area contributed by atoms with Gasteiger partial charge in [-0.3, -0.25) is 4.79 Å². The van der Waals surface area contributed by atoms with Gasteiger partial charge in [-0.2, -0.15) is 0 Å². The third-order valence-electron chi connectivity index (χ3n) is 3.22. The first kappa shape index (κ1) is 14.6. The lowest BCUT2D eigenvalue weighted by Gasteiger charge is -2.16. The van der Waals surface area contributed by atoms with Crippen LogP contribution in [0, 0.1) is 11.6 Å². The van der Waals surface area contributed by atoms with E-state index in [2.05, 4.69) is 4.98 Å². The summed E-state index contributed by atoms with van der Waals surface area (Å²) in [6, 6.07) is 10.6. The molecule has 22 heavy (non-hydrogen) atoms. The molecule has 6 heteroatoms. The van der Waals surface area contributed by atoms with Gasteiger partial charge in [-0.15, -0.1) is 11.3 Å². The highest BCUT2D eigenvalue weighted by Crippen LogP contribution is 2.23. The van der Waals surface area contributed by atoms with E-state index in [9.17, 15) is 13.6 Å². The Bertz CT molecular complexity index is 814. The second-order valence-corrected chi connectivity index (χ2v) is 5.98. The Balaban J connectivity index is 1.81. The molecule has 1 amide bonds. The number of carbonyl (C=O) groups excluding carboxylic acids is 1. The quantitative estimate of drug-likeness (QED) is 0.735. The summed E-state index contributed by atoms with van der Waals surface area (Å²) in [5, 5.41) is 0.763. The Morgan fingerprint density at radius 1 is 1.23 bits per heavy atom. The normalized spacial score (nSPS) is 10.9. The molecule has 0 atom stereocenters.